The smallest absolute Gasteiger partial charge is 0.197 e. The zero-order valence-electron chi connectivity index (χ0n) is 42.4. The number of aryl methyl sites for hydroxylation is 2. The summed E-state index contributed by atoms with van der Waals surface area (Å²) in [7, 11) is 2.46. The Morgan fingerprint density at radius 3 is 1.75 bits per heavy atom. The van der Waals surface area contributed by atoms with Gasteiger partial charge in [-0.3, -0.25) is 0 Å². The number of nitrogens with zero attached hydrogens (tertiary/aromatic N) is 1. The molecule has 2 nitrogen and oxygen atoms in total. The summed E-state index contributed by atoms with van der Waals surface area (Å²) in [5, 5.41) is 6.34. The molecule has 1 heterocycles. The van der Waals surface area contributed by atoms with E-state index in [-0.39, 0.29) is 10.8 Å². The van der Waals surface area contributed by atoms with Crippen molar-refractivity contribution >= 4 is 57.4 Å². The fourth-order valence-electron chi connectivity index (χ4n) is 11.6. The molecule has 0 amide bonds. The van der Waals surface area contributed by atoms with E-state index in [4.69, 9.17) is 0 Å². The molecule has 0 fully saturated rings. The minimum Gasteiger partial charge on any atom is -0.355 e. The Hall–Kier alpha value is -7.88. The van der Waals surface area contributed by atoms with Crippen LogP contribution in [-0.4, -0.2) is 7.28 Å². The summed E-state index contributed by atoms with van der Waals surface area (Å²) < 4.78 is 0. The molecule has 0 unspecified atom stereocenters. The van der Waals surface area contributed by atoms with Crippen molar-refractivity contribution in [3.63, 3.8) is 0 Å². The van der Waals surface area contributed by atoms with Gasteiger partial charge in [-0.05, 0) is 181 Å². The van der Waals surface area contributed by atoms with Gasteiger partial charge in [-0.15, -0.1) is 0 Å². The van der Waals surface area contributed by atoms with Crippen molar-refractivity contribution in [2.75, 3.05) is 10.2 Å². The van der Waals surface area contributed by atoms with Crippen molar-refractivity contribution < 1.29 is 0 Å². The van der Waals surface area contributed by atoms with Gasteiger partial charge in [-0.25, -0.2) is 0 Å². The van der Waals surface area contributed by atoms with Crippen LogP contribution in [0.5, 0.6) is 0 Å². The van der Waals surface area contributed by atoms with Gasteiger partial charge in [0.1, 0.15) is 0 Å². The molecule has 0 spiro atoms. The van der Waals surface area contributed by atoms with Crippen molar-refractivity contribution in [1.82, 2.24) is 0 Å². The summed E-state index contributed by atoms with van der Waals surface area (Å²) in [5.74, 6) is 0. The van der Waals surface area contributed by atoms with E-state index in [9.17, 15) is 0 Å². The molecule has 1 radical (unpaired) electrons. The Kier molecular flexibility index (Phi) is 11.4. The Balaban J connectivity index is 1.05. The molecule has 1 N–H and O–H groups in total. The van der Waals surface area contributed by atoms with Gasteiger partial charge in [0, 0.05) is 34.0 Å². The number of hydrogen-bond acceptors (Lipinski definition) is 2. The minimum absolute atomic E-state index is 0.142. The Morgan fingerprint density at radius 2 is 1.07 bits per heavy atom. The van der Waals surface area contributed by atoms with Crippen molar-refractivity contribution in [2.24, 2.45) is 0 Å². The largest absolute Gasteiger partial charge is 0.355 e. The zero-order valence-corrected chi connectivity index (χ0v) is 42.4. The minimum atomic E-state index is 0.142. The molecule has 0 saturated heterocycles. The van der Waals surface area contributed by atoms with E-state index in [1.165, 1.54) is 124 Å². The molecule has 2 aliphatic rings. The average molecular weight is 928 g/mol. The summed E-state index contributed by atoms with van der Waals surface area (Å²) in [6.07, 6.45) is 3.28. The van der Waals surface area contributed by atoms with Crippen LogP contribution in [0.2, 0.25) is 0 Å². The van der Waals surface area contributed by atoms with Gasteiger partial charge in [0.05, 0.1) is 0 Å². The van der Waals surface area contributed by atoms with Crippen molar-refractivity contribution in [3.05, 3.63) is 246 Å². The zero-order chi connectivity index (χ0) is 49.1. The van der Waals surface area contributed by atoms with Gasteiger partial charge in [-0.1, -0.05) is 197 Å². The number of benzene rings is 10. The molecule has 1 aliphatic heterocycles. The van der Waals surface area contributed by atoms with Gasteiger partial charge in [0.15, 0.2) is 7.28 Å². The molecule has 10 aromatic rings. The molecule has 72 heavy (non-hydrogen) atoms. The second-order valence-corrected chi connectivity index (χ2v) is 21.6. The SMILES string of the molecule is Cc1cc2c(cc1Cc1ccc3c(c1)N(c1ccc(-c4ccccc4)cc1C)c1cc(-c4ccccc4)cc(-c4c(Nc5ccc(-c6ccccc6)cc5)ccc5ccccc45)c1[B]3)C(C)(C)CCC2(C)C. The monoisotopic (exact) mass is 927 g/mol. The highest BCUT2D eigenvalue weighted by Crippen LogP contribution is 2.48. The maximum Gasteiger partial charge on any atom is 0.197 e. The normalized spacial score (nSPS) is 14.2. The number of rotatable bonds is 9. The van der Waals surface area contributed by atoms with Gasteiger partial charge < -0.3 is 10.2 Å². The molecule has 10 aromatic carbocycles. The second-order valence-electron chi connectivity index (χ2n) is 21.6. The summed E-state index contributed by atoms with van der Waals surface area (Å²) in [4.78, 5) is 2.57. The lowest BCUT2D eigenvalue weighted by Gasteiger charge is -2.42. The molecule has 0 saturated carbocycles. The van der Waals surface area contributed by atoms with E-state index in [0.29, 0.717) is 0 Å². The molecular formula is C69H60BN2. The van der Waals surface area contributed by atoms with E-state index in [1.54, 1.807) is 0 Å². The van der Waals surface area contributed by atoms with Crippen LogP contribution >= 0.6 is 0 Å². The molecular weight excluding hydrogens is 868 g/mol. The van der Waals surface area contributed by atoms with Crippen molar-refractivity contribution in [2.45, 2.75) is 71.6 Å². The number of nitrogens with one attached hydrogen (secondary N) is 1. The highest BCUT2D eigenvalue weighted by atomic mass is 15.2. The van der Waals surface area contributed by atoms with Gasteiger partial charge in [-0.2, -0.15) is 0 Å². The number of hydrogen-bond donors (Lipinski definition) is 1. The third-order valence-corrected chi connectivity index (χ3v) is 15.9. The van der Waals surface area contributed by atoms with Gasteiger partial charge >= 0.3 is 0 Å². The van der Waals surface area contributed by atoms with Crippen LogP contribution in [0.25, 0.3) is 55.3 Å². The van der Waals surface area contributed by atoms with Crippen LogP contribution in [0.3, 0.4) is 0 Å². The van der Waals surface area contributed by atoms with Crippen LogP contribution in [0, 0.1) is 13.8 Å². The maximum atomic E-state index is 3.94. The molecule has 12 rings (SSSR count). The molecule has 0 atom stereocenters. The third kappa shape index (κ3) is 8.31. The first kappa shape index (κ1) is 45.3. The molecule has 3 heteroatoms. The van der Waals surface area contributed by atoms with E-state index in [2.05, 4.69) is 271 Å². The predicted octanol–water partition coefficient (Wildman–Crippen LogP) is 17.2. The van der Waals surface area contributed by atoms with Crippen LogP contribution in [0.1, 0.15) is 73.9 Å². The second kappa shape index (κ2) is 18.1. The van der Waals surface area contributed by atoms with Crippen LogP contribution < -0.4 is 21.1 Å². The molecule has 349 valence electrons. The Morgan fingerprint density at radius 1 is 0.472 bits per heavy atom. The summed E-state index contributed by atoms with van der Waals surface area (Å²) in [6, 6.07) is 78.6. The lowest BCUT2D eigenvalue weighted by atomic mass is 9.57. The molecule has 0 bridgehead atoms. The standard InChI is InChI=1S/C69H60BN2/c1-45-39-59-60(69(5,6)37-36-68(59,3)4)43-54(45)40-47-26-33-61-64(41-47)72(63-35-30-53(38-46(63)2)49-20-12-8-13-21-49)65-44-55(50-22-14-9-15-23-50)42-58(67(65)70-61)66-57-25-17-16-24-52(57)29-34-62(66)71-56-31-27-51(28-32-56)48-18-10-7-11-19-48/h7-35,38-39,41-44,71H,36-37,40H2,1-6H3. The fraction of sp³-hybridized carbons (Fsp3) is 0.159. The molecule has 1 aliphatic carbocycles. The van der Waals surface area contributed by atoms with Crippen LogP contribution in [0.4, 0.5) is 28.4 Å². The van der Waals surface area contributed by atoms with Crippen LogP contribution in [-0.2, 0) is 17.3 Å². The maximum absolute atomic E-state index is 3.94. The lowest BCUT2D eigenvalue weighted by molar-refractivity contribution is 0.331. The topological polar surface area (TPSA) is 15.3 Å². The first-order chi connectivity index (χ1) is 35.0. The van der Waals surface area contributed by atoms with Crippen molar-refractivity contribution in [1.29, 1.82) is 0 Å². The van der Waals surface area contributed by atoms with E-state index < -0.39 is 0 Å². The lowest BCUT2D eigenvalue weighted by Crippen LogP contribution is -2.41. The quantitative estimate of drug-likeness (QED) is 0.145. The third-order valence-electron chi connectivity index (χ3n) is 15.9. The Labute approximate surface area is 427 Å². The number of anilines is 5. The predicted molar refractivity (Wildman–Crippen MR) is 309 cm³/mol. The molecule has 0 aromatic heterocycles. The number of fused-ring (bicyclic) bond motifs is 4. The Bertz CT molecular complexity index is 3670. The van der Waals surface area contributed by atoms with E-state index in [0.717, 1.165) is 23.5 Å². The van der Waals surface area contributed by atoms with Gasteiger partial charge in [0.2, 0.25) is 0 Å². The first-order valence-electron chi connectivity index (χ1n) is 25.7. The average Bonchev–Trinajstić information content (AvgIpc) is 3.40. The highest BCUT2D eigenvalue weighted by molar-refractivity contribution is 6.73. The first-order valence-corrected chi connectivity index (χ1v) is 25.7. The van der Waals surface area contributed by atoms with Crippen molar-refractivity contribution in [3.8, 4) is 44.5 Å². The van der Waals surface area contributed by atoms with E-state index >= 15 is 0 Å². The fourth-order valence-corrected chi connectivity index (χ4v) is 11.6. The highest BCUT2D eigenvalue weighted by Gasteiger charge is 2.38. The summed E-state index contributed by atoms with van der Waals surface area (Å²) in [5.41, 5.74) is 26.2. The van der Waals surface area contributed by atoms with E-state index in [1.807, 2.05) is 0 Å². The van der Waals surface area contributed by atoms with Gasteiger partial charge in [0.25, 0.3) is 0 Å². The summed E-state index contributed by atoms with van der Waals surface area (Å²) >= 11 is 0. The summed E-state index contributed by atoms with van der Waals surface area (Å²) in [6.45, 7) is 14.3. The van der Waals surface area contributed by atoms with Crippen LogP contribution in [0.15, 0.2) is 212 Å².